The Hall–Kier alpha value is -3.54. The Morgan fingerprint density at radius 3 is 2.65 bits per heavy atom. The van der Waals surface area contributed by atoms with Crippen LogP contribution in [0.5, 0.6) is 11.5 Å². The van der Waals surface area contributed by atoms with E-state index < -0.39 is 0 Å². The Morgan fingerprint density at radius 2 is 1.88 bits per heavy atom. The zero-order valence-corrected chi connectivity index (χ0v) is 14.4. The van der Waals surface area contributed by atoms with E-state index in [1.807, 2.05) is 24.3 Å². The van der Waals surface area contributed by atoms with Gasteiger partial charge in [-0.3, -0.25) is 9.59 Å². The second kappa shape index (κ2) is 7.57. The fourth-order valence-corrected chi connectivity index (χ4v) is 2.53. The fraction of sp³-hybridized carbons (Fsp3) is 0.100. The Balaban J connectivity index is 1.80. The molecule has 0 aliphatic carbocycles. The van der Waals surface area contributed by atoms with Crippen molar-refractivity contribution >= 4 is 28.6 Å². The van der Waals surface area contributed by atoms with Crippen LogP contribution in [0.25, 0.3) is 17.0 Å². The van der Waals surface area contributed by atoms with Crippen LogP contribution < -0.4 is 20.3 Å². The molecule has 26 heavy (non-hydrogen) atoms. The summed E-state index contributed by atoms with van der Waals surface area (Å²) < 4.78 is 10.4. The zero-order chi connectivity index (χ0) is 18.5. The van der Waals surface area contributed by atoms with Gasteiger partial charge in [-0.15, -0.1) is 0 Å². The lowest BCUT2D eigenvalue weighted by molar-refractivity contribution is -0.111. The highest BCUT2D eigenvalue weighted by Gasteiger charge is 2.07. The number of rotatable bonds is 5. The van der Waals surface area contributed by atoms with Crippen molar-refractivity contribution in [3.63, 3.8) is 0 Å². The molecule has 0 aliphatic heterocycles. The average Bonchev–Trinajstić information content (AvgIpc) is 2.66. The Bertz CT molecular complexity index is 1040. The molecular formula is C20H18N2O4. The Kier molecular flexibility index (Phi) is 5.03. The van der Waals surface area contributed by atoms with Crippen LogP contribution in [0.2, 0.25) is 0 Å². The lowest BCUT2D eigenvalue weighted by atomic mass is 10.1. The summed E-state index contributed by atoms with van der Waals surface area (Å²) in [5.74, 6) is 0.730. The third kappa shape index (κ3) is 3.75. The van der Waals surface area contributed by atoms with Crippen LogP contribution in [-0.4, -0.2) is 25.1 Å². The van der Waals surface area contributed by atoms with Gasteiger partial charge >= 0.3 is 0 Å². The molecule has 0 aliphatic rings. The number of amides is 1. The van der Waals surface area contributed by atoms with E-state index in [1.54, 1.807) is 31.4 Å². The summed E-state index contributed by atoms with van der Waals surface area (Å²) in [6.45, 7) is 0. The number of aromatic nitrogens is 1. The number of carbonyl (C=O) groups excluding carboxylic acids is 1. The number of fused-ring (bicyclic) bond motifs is 1. The first kappa shape index (κ1) is 17.3. The number of aromatic amines is 1. The normalized spacial score (nSPS) is 10.8. The van der Waals surface area contributed by atoms with Crippen molar-refractivity contribution in [3.8, 4) is 11.5 Å². The molecule has 2 aromatic carbocycles. The number of H-pyrrole nitrogens is 1. The molecule has 1 amide bonds. The van der Waals surface area contributed by atoms with E-state index in [4.69, 9.17) is 9.47 Å². The van der Waals surface area contributed by atoms with Crippen LogP contribution in [0.4, 0.5) is 5.69 Å². The summed E-state index contributed by atoms with van der Waals surface area (Å²) in [6.07, 6.45) is 2.79. The van der Waals surface area contributed by atoms with Crippen molar-refractivity contribution in [3.05, 3.63) is 70.5 Å². The van der Waals surface area contributed by atoms with Gasteiger partial charge in [-0.1, -0.05) is 18.2 Å². The molecule has 3 aromatic rings. The Labute approximate surface area is 150 Å². The summed E-state index contributed by atoms with van der Waals surface area (Å²) in [6, 6.07) is 14.3. The van der Waals surface area contributed by atoms with Gasteiger partial charge in [0.1, 0.15) is 11.5 Å². The van der Waals surface area contributed by atoms with E-state index in [9.17, 15) is 9.59 Å². The molecular weight excluding hydrogens is 332 g/mol. The van der Waals surface area contributed by atoms with Gasteiger partial charge in [0.2, 0.25) is 5.91 Å². The SMILES string of the molecule is COc1ccc(NC(=O)/C=C/c2cc3ccccc3[nH]c2=O)c(OC)c1. The summed E-state index contributed by atoms with van der Waals surface area (Å²) in [7, 11) is 3.06. The van der Waals surface area contributed by atoms with E-state index in [0.29, 0.717) is 22.7 Å². The zero-order valence-electron chi connectivity index (χ0n) is 14.4. The molecule has 0 spiro atoms. The molecule has 0 saturated carbocycles. The number of benzene rings is 2. The topological polar surface area (TPSA) is 80.4 Å². The summed E-state index contributed by atoms with van der Waals surface area (Å²) in [5, 5.41) is 3.61. The molecule has 0 atom stereocenters. The maximum absolute atomic E-state index is 12.2. The number of pyridine rings is 1. The van der Waals surface area contributed by atoms with Crippen LogP contribution in [-0.2, 0) is 4.79 Å². The molecule has 0 radical (unpaired) electrons. The van der Waals surface area contributed by atoms with Crippen LogP contribution in [0.1, 0.15) is 5.56 Å². The molecule has 6 heteroatoms. The van der Waals surface area contributed by atoms with E-state index in [2.05, 4.69) is 10.3 Å². The summed E-state index contributed by atoms with van der Waals surface area (Å²) in [5.41, 5.74) is 1.41. The number of hydrogen-bond donors (Lipinski definition) is 2. The third-order valence-electron chi connectivity index (χ3n) is 3.86. The van der Waals surface area contributed by atoms with Gasteiger partial charge < -0.3 is 19.8 Å². The Morgan fingerprint density at radius 1 is 1.08 bits per heavy atom. The number of methoxy groups -OCH3 is 2. The number of nitrogens with one attached hydrogen (secondary N) is 2. The quantitative estimate of drug-likeness (QED) is 0.693. The highest BCUT2D eigenvalue weighted by Crippen LogP contribution is 2.28. The first-order valence-electron chi connectivity index (χ1n) is 7.94. The molecule has 1 heterocycles. The van der Waals surface area contributed by atoms with Crippen LogP contribution in [0.15, 0.2) is 59.4 Å². The number of ether oxygens (including phenoxy) is 2. The molecule has 6 nitrogen and oxygen atoms in total. The largest absolute Gasteiger partial charge is 0.497 e. The van der Waals surface area contributed by atoms with E-state index in [0.717, 1.165) is 10.9 Å². The minimum absolute atomic E-state index is 0.255. The minimum Gasteiger partial charge on any atom is -0.497 e. The van der Waals surface area contributed by atoms with Crippen LogP contribution >= 0.6 is 0 Å². The molecule has 132 valence electrons. The molecule has 2 N–H and O–H groups in total. The summed E-state index contributed by atoms with van der Waals surface area (Å²) >= 11 is 0. The number of anilines is 1. The molecule has 0 unspecified atom stereocenters. The first-order valence-corrected chi connectivity index (χ1v) is 7.94. The van der Waals surface area contributed by atoms with E-state index >= 15 is 0 Å². The van der Waals surface area contributed by atoms with Crippen molar-refractivity contribution in [2.75, 3.05) is 19.5 Å². The molecule has 0 saturated heterocycles. The molecule has 0 fully saturated rings. The molecule has 0 bridgehead atoms. The third-order valence-corrected chi connectivity index (χ3v) is 3.86. The second-order valence-electron chi connectivity index (χ2n) is 5.53. The fourth-order valence-electron chi connectivity index (χ4n) is 2.53. The number of hydrogen-bond acceptors (Lipinski definition) is 4. The summed E-state index contributed by atoms with van der Waals surface area (Å²) in [4.78, 5) is 27.1. The first-order chi connectivity index (χ1) is 12.6. The predicted molar refractivity (Wildman–Crippen MR) is 102 cm³/mol. The van der Waals surface area contributed by atoms with Gasteiger partial charge in [0.15, 0.2) is 0 Å². The highest BCUT2D eigenvalue weighted by atomic mass is 16.5. The maximum Gasteiger partial charge on any atom is 0.255 e. The van der Waals surface area contributed by atoms with Crippen molar-refractivity contribution in [1.29, 1.82) is 0 Å². The average molecular weight is 350 g/mol. The second-order valence-corrected chi connectivity index (χ2v) is 5.53. The van der Waals surface area contributed by atoms with Crippen LogP contribution in [0.3, 0.4) is 0 Å². The van der Waals surface area contributed by atoms with Gasteiger partial charge in [0.05, 0.1) is 19.9 Å². The van der Waals surface area contributed by atoms with Gasteiger partial charge in [-0.25, -0.2) is 0 Å². The van der Waals surface area contributed by atoms with Gasteiger partial charge in [-0.2, -0.15) is 0 Å². The highest BCUT2D eigenvalue weighted by molar-refractivity contribution is 6.03. The smallest absolute Gasteiger partial charge is 0.255 e. The lowest BCUT2D eigenvalue weighted by Crippen LogP contribution is -2.11. The monoisotopic (exact) mass is 350 g/mol. The van der Waals surface area contributed by atoms with Gasteiger partial charge in [0, 0.05) is 23.2 Å². The minimum atomic E-state index is -0.374. The van der Waals surface area contributed by atoms with Crippen LogP contribution in [0, 0.1) is 0 Å². The van der Waals surface area contributed by atoms with Crippen molar-refractivity contribution in [2.24, 2.45) is 0 Å². The van der Waals surface area contributed by atoms with Crippen molar-refractivity contribution in [2.45, 2.75) is 0 Å². The van der Waals surface area contributed by atoms with Crippen molar-refractivity contribution in [1.82, 2.24) is 4.98 Å². The van der Waals surface area contributed by atoms with Gasteiger partial charge in [-0.05, 0) is 35.7 Å². The van der Waals surface area contributed by atoms with E-state index in [-0.39, 0.29) is 11.5 Å². The van der Waals surface area contributed by atoms with Gasteiger partial charge in [0.25, 0.3) is 5.56 Å². The van der Waals surface area contributed by atoms with Crippen molar-refractivity contribution < 1.29 is 14.3 Å². The lowest BCUT2D eigenvalue weighted by Gasteiger charge is -2.10. The number of para-hydroxylation sites is 1. The van der Waals surface area contributed by atoms with E-state index in [1.165, 1.54) is 19.3 Å². The maximum atomic E-state index is 12.2. The standard InChI is InChI=1S/C20H18N2O4/c1-25-15-8-9-17(18(12-15)26-2)21-19(23)10-7-14-11-13-5-3-4-6-16(13)22-20(14)24/h3-12H,1-2H3,(H,21,23)(H,22,24)/b10-7+. The molecule has 1 aromatic heterocycles. The molecule has 3 rings (SSSR count). The number of carbonyl (C=O) groups is 1. The predicted octanol–water partition coefficient (Wildman–Crippen LogP) is 3.20.